The topological polar surface area (TPSA) is 59.1 Å². The van der Waals surface area contributed by atoms with Gasteiger partial charge in [-0.25, -0.2) is 9.97 Å². The summed E-state index contributed by atoms with van der Waals surface area (Å²) in [7, 11) is 1.87. The van der Waals surface area contributed by atoms with E-state index in [1.165, 1.54) is 0 Å². The molecular formula is C12H20N4O. The van der Waals surface area contributed by atoms with E-state index in [4.69, 9.17) is 4.74 Å². The van der Waals surface area contributed by atoms with Crippen molar-refractivity contribution in [1.82, 2.24) is 9.97 Å². The second-order valence-electron chi connectivity index (χ2n) is 4.17. The monoisotopic (exact) mass is 236 g/mol. The zero-order chi connectivity index (χ0) is 12.1. The van der Waals surface area contributed by atoms with Crippen LogP contribution in [-0.2, 0) is 11.2 Å². The lowest BCUT2D eigenvalue weighted by molar-refractivity contribution is 0.120. The molecule has 2 N–H and O–H groups in total. The van der Waals surface area contributed by atoms with E-state index in [1.807, 2.05) is 13.1 Å². The van der Waals surface area contributed by atoms with Crippen molar-refractivity contribution < 1.29 is 4.74 Å². The third kappa shape index (κ3) is 3.30. The van der Waals surface area contributed by atoms with Crippen molar-refractivity contribution in [3.63, 3.8) is 0 Å². The lowest BCUT2D eigenvalue weighted by Crippen LogP contribution is -2.19. The summed E-state index contributed by atoms with van der Waals surface area (Å²) < 4.78 is 5.57. The van der Waals surface area contributed by atoms with Gasteiger partial charge in [0.1, 0.15) is 17.5 Å². The number of aromatic nitrogens is 2. The van der Waals surface area contributed by atoms with Gasteiger partial charge in [0.05, 0.1) is 6.10 Å². The molecule has 1 aliphatic heterocycles. The van der Waals surface area contributed by atoms with E-state index in [-0.39, 0.29) is 0 Å². The number of hydrogen-bond donors (Lipinski definition) is 2. The molecule has 0 spiro atoms. The molecule has 0 aromatic carbocycles. The molecular weight excluding hydrogens is 216 g/mol. The van der Waals surface area contributed by atoms with Crippen molar-refractivity contribution in [1.29, 1.82) is 0 Å². The second-order valence-corrected chi connectivity index (χ2v) is 4.17. The number of anilines is 2. The summed E-state index contributed by atoms with van der Waals surface area (Å²) in [4.78, 5) is 8.80. The summed E-state index contributed by atoms with van der Waals surface area (Å²) >= 11 is 0. The predicted octanol–water partition coefficient (Wildman–Crippen LogP) is 1.67. The van der Waals surface area contributed by atoms with Gasteiger partial charge in [0.2, 0.25) is 0 Å². The van der Waals surface area contributed by atoms with E-state index in [2.05, 4.69) is 27.5 Å². The van der Waals surface area contributed by atoms with Gasteiger partial charge >= 0.3 is 0 Å². The van der Waals surface area contributed by atoms with Gasteiger partial charge in [-0.1, -0.05) is 6.92 Å². The molecule has 1 aromatic heterocycles. The first-order valence-electron chi connectivity index (χ1n) is 6.23. The van der Waals surface area contributed by atoms with Crippen molar-refractivity contribution in [3.05, 3.63) is 11.9 Å². The Balaban J connectivity index is 1.98. The van der Waals surface area contributed by atoms with Gasteiger partial charge in [-0.3, -0.25) is 0 Å². The Kier molecular flexibility index (Phi) is 4.14. The van der Waals surface area contributed by atoms with E-state index in [1.54, 1.807) is 0 Å². The standard InChI is InChI=1S/C12H20N4O/c1-3-10-15-11(13-2)7-12(16-10)14-8-9-5-4-6-17-9/h7,9H,3-6,8H2,1-2H3,(H2,13,14,15,16). The Hall–Kier alpha value is -1.36. The van der Waals surface area contributed by atoms with Crippen molar-refractivity contribution in [2.45, 2.75) is 32.3 Å². The van der Waals surface area contributed by atoms with E-state index >= 15 is 0 Å². The lowest BCUT2D eigenvalue weighted by Gasteiger charge is -2.12. The van der Waals surface area contributed by atoms with Crippen LogP contribution in [0.2, 0.25) is 0 Å². The molecule has 5 heteroatoms. The summed E-state index contributed by atoms with van der Waals surface area (Å²) in [6, 6.07) is 1.92. The Morgan fingerprint density at radius 2 is 2.24 bits per heavy atom. The van der Waals surface area contributed by atoms with Crippen LogP contribution >= 0.6 is 0 Å². The molecule has 94 valence electrons. The third-order valence-electron chi connectivity index (χ3n) is 2.88. The fourth-order valence-electron chi connectivity index (χ4n) is 1.90. The highest BCUT2D eigenvalue weighted by atomic mass is 16.5. The quantitative estimate of drug-likeness (QED) is 0.814. The van der Waals surface area contributed by atoms with Crippen molar-refractivity contribution in [3.8, 4) is 0 Å². The number of nitrogens with one attached hydrogen (secondary N) is 2. The normalized spacial score (nSPS) is 19.3. The van der Waals surface area contributed by atoms with Gasteiger partial charge in [0, 0.05) is 32.7 Å². The molecule has 5 nitrogen and oxygen atoms in total. The number of ether oxygens (including phenoxy) is 1. The predicted molar refractivity (Wildman–Crippen MR) is 68.4 cm³/mol. The Bertz CT molecular complexity index is 341. The maximum Gasteiger partial charge on any atom is 0.132 e. The summed E-state index contributed by atoms with van der Waals surface area (Å²) in [5.74, 6) is 2.58. The van der Waals surface area contributed by atoms with Crippen LogP contribution in [-0.4, -0.2) is 36.3 Å². The average Bonchev–Trinajstić information content (AvgIpc) is 2.89. The zero-order valence-electron chi connectivity index (χ0n) is 10.5. The molecule has 0 aliphatic carbocycles. The molecule has 1 aromatic rings. The molecule has 0 radical (unpaired) electrons. The highest BCUT2D eigenvalue weighted by molar-refractivity contribution is 5.47. The van der Waals surface area contributed by atoms with Crippen LogP contribution in [0, 0.1) is 0 Å². The Morgan fingerprint density at radius 1 is 1.41 bits per heavy atom. The van der Waals surface area contributed by atoms with Crippen LogP contribution in [0.25, 0.3) is 0 Å². The van der Waals surface area contributed by atoms with E-state index in [9.17, 15) is 0 Å². The van der Waals surface area contributed by atoms with Gasteiger partial charge in [-0.05, 0) is 12.8 Å². The maximum absolute atomic E-state index is 5.57. The molecule has 1 fully saturated rings. The van der Waals surface area contributed by atoms with Gasteiger partial charge in [-0.2, -0.15) is 0 Å². The molecule has 1 atom stereocenters. The number of rotatable bonds is 5. The van der Waals surface area contributed by atoms with Crippen molar-refractivity contribution in [2.24, 2.45) is 0 Å². The fraction of sp³-hybridized carbons (Fsp3) is 0.667. The SMILES string of the molecule is CCc1nc(NC)cc(NCC2CCCO2)n1. The van der Waals surface area contributed by atoms with Gasteiger partial charge in [-0.15, -0.1) is 0 Å². The van der Waals surface area contributed by atoms with Crippen LogP contribution in [0.4, 0.5) is 11.6 Å². The smallest absolute Gasteiger partial charge is 0.132 e. The van der Waals surface area contributed by atoms with Gasteiger partial charge in [0.15, 0.2) is 0 Å². The van der Waals surface area contributed by atoms with Crippen molar-refractivity contribution >= 4 is 11.6 Å². The summed E-state index contributed by atoms with van der Waals surface area (Å²) in [6.07, 6.45) is 3.47. The minimum Gasteiger partial charge on any atom is -0.376 e. The maximum atomic E-state index is 5.57. The first-order chi connectivity index (χ1) is 8.31. The number of aryl methyl sites for hydroxylation is 1. The average molecular weight is 236 g/mol. The fourth-order valence-corrected chi connectivity index (χ4v) is 1.90. The minimum absolute atomic E-state index is 0.327. The summed E-state index contributed by atoms with van der Waals surface area (Å²) in [6.45, 7) is 3.76. The lowest BCUT2D eigenvalue weighted by atomic mass is 10.2. The van der Waals surface area contributed by atoms with Crippen LogP contribution in [0.3, 0.4) is 0 Å². The minimum atomic E-state index is 0.327. The summed E-state index contributed by atoms with van der Waals surface area (Å²) in [5.41, 5.74) is 0. The first kappa shape index (κ1) is 12.1. The van der Waals surface area contributed by atoms with Crippen LogP contribution < -0.4 is 10.6 Å². The van der Waals surface area contributed by atoms with Crippen LogP contribution in [0.1, 0.15) is 25.6 Å². The molecule has 2 heterocycles. The first-order valence-corrected chi connectivity index (χ1v) is 6.23. The zero-order valence-corrected chi connectivity index (χ0v) is 10.5. The van der Waals surface area contributed by atoms with Crippen molar-refractivity contribution in [2.75, 3.05) is 30.8 Å². The summed E-state index contributed by atoms with van der Waals surface area (Å²) in [5, 5.41) is 6.37. The molecule has 0 saturated carbocycles. The highest BCUT2D eigenvalue weighted by Crippen LogP contribution is 2.15. The molecule has 17 heavy (non-hydrogen) atoms. The third-order valence-corrected chi connectivity index (χ3v) is 2.88. The van der Waals surface area contributed by atoms with Crippen LogP contribution in [0.5, 0.6) is 0 Å². The van der Waals surface area contributed by atoms with Gasteiger partial charge in [0.25, 0.3) is 0 Å². The van der Waals surface area contributed by atoms with Crippen LogP contribution in [0.15, 0.2) is 6.07 Å². The second kappa shape index (κ2) is 5.82. The molecule has 1 saturated heterocycles. The molecule has 2 rings (SSSR count). The van der Waals surface area contributed by atoms with E-state index < -0.39 is 0 Å². The van der Waals surface area contributed by atoms with Gasteiger partial charge < -0.3 is 15.4 Å². The molecule has 1 aliphatic rings. The Labute approximate surface area is 102 Å². The molecule has 1 unspecified atom stereocenters. The van der Waals surface area contributed by atoms with E-state index in [0.717, 1.165) is 49.9 Å². The number of nitrogens with zero attached hydrogens (tertiary/aromatic N) is 2. The van der Waals surface area contributed by atoms with E-state index in [0.29, 0.717) is 6.10 Å². The molecule has 0 bridgehead atoms. The molecule has 0 amide bonds. The Morgan fingerprint density at radius 3 is 2.88 bits per heavy atom. The largest absolute Gasteiger partial charge is 0.376 e. The number of hydrogen-bond acceptors (Lipinski definition) is 5. The highest BCUT2D eigenvalue weighted by Gasteiger charge is 2.15.